The molecular formula is C24H19N7O. The molecule has 4 N–H and O–H groups in total. The van der Waals surface area contributed by atoms with E-state index in [1.165, 1.54) is 0 Å². The molecule has 156 valence electrons. The Labute approximate surface area is 183 Å². The summed E-state index contributed by atoms with van der Waals surface area (Å²) in [6.45, 7) is 0. The molecule has 0 saturated carbocycles. The number of nitrogens with one attached hydrogen (secondary N) is 4. The molecule has 2 heterocycles. The SMILES string of the molecule is O=C(Nc1ccc(-c2ccccc2)nn1)Nc1ccccc1Nc1cccc2[nH]ncc12. The fourth-order valence-corrected chi connectivity index (χ4v) is 3.36. The number of benzene rings is 3. The summed E-state index contributed by atoms with van der Waals surface area (Å²) in [6, 6.07) is 26.2. The maximum atomic E-state index is 12.6. The van der Waals surface area contributed by atoms with Crippen LogP contribution >= 0.6 is 0 Å². The van der Waals surface area contributed by atoms with Gasteiger partial charge in [0, 0.05) is 16.6 Å². The number of para-hydroxylation sites is 2. The minimum Gasteiger partial charge on any atom is -0.353 e. The summed E-state index contributed by atoms with van der Waals surface area (Å²) < 4.78 is 0. The van der Waals surface area contributed by atoms with Crippen LogP contribution in [-0.2, 0) is 0 Å². The van der Waals surface area contributed by atoms with E-state index in [2.05, 4.69) is 36.3 Å². The standard InChI is InChI=1S/C24H19N7O/c32-24(28-23-14-13-18(30-31-23)16-7-2-1-3-8-16)27-22-10-5-4-9-21(22)26-19-11-6-12-20-17(19)15-25-29-20/h1-15,26H,(H,25,29)(H2,27,28,31,32). The molecule has 0 saturated heterocycles. The highest BCUT2D eigenvalue weighted by Crippen LogP contribution is 2.29. The van der Waals surface area contributed by atoms with Gasteiger partial charge in [0.1, 0.15) is 0 Å². The number of urea groups is 1. The van der Waals surface area contributed by atoms with Crippen molar-refractivity contribution in [3.05, 3.63) is 91.1 Å². The lowest BCUT2D eigenvalue weighted by Crippen LogP contribution is -2.21. The Hall–Kier alpha value is -4.72. The Bertz CT molecular complexity index is 1360. The van der Waals surface area contributed by atoms with Gasteiger partial charge in [-0.3, -0.25) is 10.4 Å². The molecule has 0 spiro atoms. The first-order valence-corrected chi connectivity index (χ1v) is 10.0. The average molecular weight is 421 g/mol. The lowest BCUT2D eigenvalue weighted by atomic mass is 10.1. The quantitative estimate of drug-likeness (QED) is 0.304. The van der Waals surface area contributed by atoms with E-state index in [0.717, 1.165) is 33.5 Å². The molecule has 0 bridgehead atoms. The number of hydrogen-bond donors (Lipinski definition) is 4. The van der Waals surface area contributed by atoms with E-state index >= 15 is 0 Å². The number of hydrogen-bond acceptors (Lipinski definition) is 5. The van der Waals surface area contributed by atoms with Crippen LogP contribution in [0, 0.1) is 0 Å². The lowest BCUT2D eigenvalue weighted by Gasteiger charge is -2.14. The zero-order valence-electron chi connectivity index (χ0n) is 16.9. The minimum atomic E-state index is -0.414. The van der Waals surface area contributed by atoms with E-state index < -0.39 is 6.03 Å². The van der Waals surface area contributed by atoms with E-state index in [4.69, 9.17) is 0 Å². The molecule has 0 aliphatic heterocycles. The van der Waals surface area contributed by atoms with Crippen LogP contribution in [0.4, 0.5) is 27.7 Å². The van der Waals surface area contributed by atoms with Crippen LogP contribution in [0.2, 0.25) is 0 Å². The van der Waals surface area contributed by atoms with Crippen LogP contribution in [0.15, 0.2) is 91.1 Å². The Morgan fingerprint density at radius 3 is 2.31 bits per heavy atom. The van der Waals surface area contributed by atoms with Crippen LogP contribution in [-0.4, -0.2) is 26.4 Å². The zero-order valence-corrected chi connectivity index (χ0v) is 16.9. The van der Waals surface area contributed by atoms with Gasteiger partial charge in [-0.15, -0.1) is 10.2 Å². The summed E-state index contributed by atoms with van der Waals surface area (Å²) in [4.78, 5) is 12.6. The van der Waals surface area contributed by atoms with Crippen LogP contribution in [0.3, 0.4) is 0 Å². The van der Waals surface area contributed by atoms with Crippen molar-refractivity contribution in [1.82, 2.24) is 20.4 Å². The molecule has 0 radical (unpaired) electrons. The van der Waals surface area contributed by atoms with Gasteiger partial charge in [0.05, 0.1) is 28.8 Å². The van der Waals surface area contributed by atoms with Crippen LogP contribution < -0.4 is 16.0 Å². The smallest absolute Gasteiger partial charge is 0.324 e. The molecule has 5 rings (SSSR count). The number of amides is 2. The predicted molar refractivity (Wildman–Crippen MR) is 126 cm³/mol. The van der Waals surface area contributed by atoms with Crippen molar-refractivity contribution in [1.29, 1.82) is 0 Å². The Balaban J connectivity index is 1.29. The Kier molecular flexibility index (Phi) is 5.15. The number of aromatic nitrogens is 4. The molecule has 5 aromatic rings. The molecule has 3 aromatic carbocycles. The van der Waals surface area contributed by atoms with Gasteiger partial charge < -0.3 is 10.6 Å². The van der Waals surface area contributed by atoms with Gasteiger partial charge in [-0.1, -0.05) is 48.5 Å². The summed E-state index contributed by atoms with van der Waals surface area (Å²) in [6.07, 6.45) is 1.76. The predicted octanol–water partition coefficient (Wildman–Crippen LogP) is 5.41. The number of aromatic amines is 1. The molecule has 0 unspecified atom stereocenters. The maximum absolute atomic E-state index is 12.6. The van der Waals surface area contributed by atoms with Gasteiger partial charge in [-0.2, -0.15) is 5.10 Å². The third-order valence-corrected chi connectivity index (χ3v) is 4.91. The number of carbonyl (C=O) groups is 1. The van der Waals surface area contributed by atoms with Gasteiger partial charge in [-0.05, 0) is 36.4 Å². The summed E-state index contributed by atoms with van der Waals surface area (Å²) in [5, 5.41) is 25.2. The first-order valence-electron chi connectivity index (χ1n) is 10.0. The number of H-pyrrole nitrogens is 1. The van der Waals surface area contributed by atoms with Gasteiger partial charge in [-0.25, -0.2) is 4.79 Å². The topological polar surface area (TPSA) is 108 Å². The third-order valence-electron chi connectivity index (χ3n) is 4.91. The van der Waals surface area contributed by atoms with Crippen LogP contribution in [0.25, 0.3) is 22.2 Å². The van der Waals surface area contributed by atoms with Crippen molar-refractivity contribution >= 4 is 39.8 Å². The largest absolute Gasteiger partial charge is 0.353 e. The lowest BCUT2D eigenvalue weighted by molar-refractivity contribution is 0.262. The maximum Gasteiger partial charge on any atom is 0.324 e. The first-order chi connectivity index (χ1) is 15.8. The van der Waals surface area contributed by atoms with E-state index in [1.54, 1.807) is 12.3 Å². The van der Waals surface area contributed by atoms with Crippen molar-refractivity contribution in [2.45, 2.75) is 0 Å². The molecule has 32 heavy (non-hydrogen) atoms. The highest BCUT2D eigenvalue weighted by Gasteiger charge is 2.10. The summed E-state index contributed by atoms with van der Waals surface area (Å²) >= 11 is 0. The summed E-state index contributed by atoms with van der Waals surface area (Å²) in [5.41, 5.74) is 4.88. The first kappa shape index (κ1) is 19.3. The fraction of sp³-hybridized carbons (Fsp3) is 0. The molecule has 0 aliphatic carbocycles. The number of fused-ring (bicyclic) bond motifs is 1. The van der Waals surface area contributed by atoms with E-state index in [9.17, 15) is 4.79 Å². The average Bonchev–Trinajstić information content (AvgIpc) is 3.31. The highest BCUT2D eigenvalue weighted by molar-refractivity contribution is 6.02. The van der Waals surface area contributed by atoms with E-state index in [-0.39, 0.29) is 0 Å². The second-order valence-electron chi connectivity index (χ2n) is 7.06. The van der Waals surface area contributed by atoms with Crippen LogP contribution in [0.1, 0.15) is 0 Å². The van der Waals surface area contributed by atoms with Crippen LogP contribution in [0.5, 0.6) is 0 Å². The van der Waals surface area contributed by atoms with Gasteiger partial charge in [0.15, 0.2) is 5.82 Å². The third kappa shape index (κ3) is 4.10. The fourth-order valence-electron chi connectivity index (χ4n) is 3.36. The second kappa shape index (κ2) is 8.57. The summed E-state index contributed by atoms with van der Waals surface area (Å²) in [7, 11) is 0. The number of rotatable bonds is 5. The molecule has 8 nitrogen and oxygen atoms in total. The molecule has 2 aromatic heterocycles. The number of carbonyl (C=O) groups excluding carboxylic acids is 1. The van der Waals surface area contributed by atoms with E-state index in [1.807, 2.05) is 78.9 Å². The van der Waals surface area contributed by atoms with Crippen molar-refractivity contribution in [2.24, 2.45) is 0 Å². The van der Waals surface area contributed by atoms with Crippen molar-refractivity contribution in [2.75, 3.05) is 16.0 Å². The molecule has 0 fully saturated rings. The molecule has 2 amide bonds. The van der Waals surface area contributed by atoms with Gasteiger partial charge in [0.2, 0.25) is 0 Å². The number of nitrogens with zero attached hydrogens (tertiary/aromatic N) is 3. The highest BCUT2D eigenvalue weighted by atomic mass is 16.2. The second-order valence-corrected chi connectivity index (χ2v) is 7.06. The zero-order chi connectivity index (χ0) is 21.8. The Morgan fingerprint density at radius 1 is 0.719 bits per heavy atom. The molecule has 0 aliphatic rings. The van der Waals surface area contributed by atoms with Crippen molar-refractivity contribution < 1.29 is 4.79 Å². The molecule has 8 heteroatoms. The molecule has 0 atom stereocenters. The minimum absolute atomic E-state index is 0.357. The monoisotopic (exact) mass is 421 g/mol. The van der Waals surface area contributed by atoms with Crippen molar-refractivity contribution in [3.8, 4) is 11.3 Å². The van der Waals surface area contributed by atoms with Gasteiger partial charge >= 0.3 is 6.03 Å². The van der Waals surface area contributed by atoms with Crippen molar-refractivity contribution in [3.63, 3.8) is 0 Å². The summed E-state index contributed by atoms with van der Waals surface area (Å²) in [5.74, 6) is 0.357. The van der Waals surface area contributed by atoms with Gasteiger partial charge in [0.25, 0.3) is 0 Å². The Morgan fingerprint density at radius 2 is 1.50 bits per heavy atom. The number of anilines is 4. The normalized spacial score (nSPS) is 10.6. The van der Waals surface area contributed by atoms with E-state index in [0.29, 0.717) is 11.5 Å². The molecular weight excluding hydrogens is 402 g/mol.